The lowest BCUT2D eigenvalue weighted by atomic mass is 10.1. The van der Waals surface area contributed by atoms with Gasteiger partial charge in [-0.15, -0.1) is 0 Å². The van der Waals surface area contributed by atoms with Crippen LogP contribution in [0.5, 0.6) is 0 Å². The largest absolute Gasteiger partial charge is 0.353 e. The number of nitrogens with one attached hydrogen (secondary N) is 1. The van der Waals surface area contributed by atoms with Crippen LogP contribution in [0.2, 0.25) is 5.02 Å². The molecule has 0 bridgehead atoms. The summed E-state index contributed by atoms with van der Waals surface area (Å²) in [6, 6.07) is 8.35. The van der Waals surface area contributed by atoms with Crippen LogP contribution in [-0.4, -0.2) is 33.4 Å². The van der Waals surface area contributed by atoms with Crippen molar-refractivity contribution >= 4 is 28.9 Å². The molecule has 0 radical (unpaired) electrons. The average Bonchev–Trinajstić information content (AvgIpc) is 3.15. The summed E-state index contributed by atoms with van der Waals surface area (Å²) in [5, 5.41) is 14.1. The quantitative estimate of drug-likeness (QED) is 0.653. The van der Waals surface area contributed by atoms with Crippen LogP contribution in [0, 0.1) is 10.1 Å². The fourth-order valence-corrected chi connectivity index (χ4v) is 3.48. The first kappa shape index (κ1) is 17.4. The normalized spacial score (nSPS) is 17.6. The number of anilines is 1. The summed E-state index contributed by atoms with van der Waals surface area (Å²) in [6.07, 6.45) is 3.99. The van der Waals surface area contributed by atoms with Crippen molar-refractivity contribution in [3.63, 3.8) is 0 Å². The Hall–Kier alpha value is -2.38. The number of benzene rings is 1. The van der Waals surface area contributed by atoms with E-state index in [0.29, 0.717) is 5.02 Å². The van der Waals surface area contributed by atoms with Crippen LogP contribution in [0.1, 0.15) is 24.6 Å². The van der Waals surface area contributed by atoms with Gasteiger partial charge >= 0.3 is 0 Å². The second kappa shape index (κ2) is 7.25. The molecule has 1 fully saturated rings. The van der Waals surface area contributed by atoms with Crippen molar-refractivity contribution in [3.05, 3.63) is 57.4 Å². The van der Waals surface area contributed by atoms with Gasteiger partial charge in [0.25, 0.3) is 5.69 Å². The Morgan fingerprint density at radius 2 is 2.24 bits per heavy atom. The maximum atomic E-state index is 12.4. The molecule has 132 valence electrons. The molecule has 1 aromatic carbocycles. The molecule has 1 amide bonds. The summed E-state index contributed by atoms with van der Waals surface area (Å²) in [7, 11) is 1.99. The van der Waals surface area contributed by atoms with Gasteiger partial charge in [-0.1, -0.05) is 11.6 Å². The Bertz CT molecular complexity index is 805. The van der Waals surface area contributed by atoms with E-state index in [4.69, 9.17) is 11.6 Å². The van der Waals surface area contributed by atoms with E-state index in [-0.39, 0.29) is 29.9 Å². The van der Waals surface area contributed by atoms with Gasteiger partial charge in [0.1, 0.15) is 5.69 Å². The van der Waals surface area contributed by atoms with E-state index in [2.05, 4.69) is 20.9 Å². The zero-order chi connectivity index (χ0) is 18.0. The van der Waals surface area contributed by atoms with Crippen molar-refractivity contribution in [1.29, 1.82) is 0 Å². The molecule has 25 heavy (non-hydrogen) atoms. The minimum atomic E-state index is -0.533. The monoisotopic (exact) mass is 362 g/mol. The maximum Gasteiger partial charge on any atom is 0.292 e. The van der Waals surface area contributed by atoms with Crippen LogP contribution in [0.4, 0.5) is 11.4 Å². The molecule has 0 aliphatic carbocycles. The predicted octanol–water partition coefficient (Wildman–Crippen LogP) is 3.36. The number of aryl methyl sites for hydroxylation is 1. The topological polar surface area (TPSA) is 80.4 Å². The van der Waals surface area contributed by atoms with Crippen molar-refractivity contribution < 1.29 is 9.72 Å². The Balaban J connectivity index is 1.72. The third kappa shape index (κ3) is 3.83. The van der Waals surface area contributed by atoms with Crippen LogP contribution in [0.15, 0.2) is 36.5 Å². The molecule has 1 saturated heterocycles. The van der Waals surface area contributed by atoms with Gasteiger partial charge in [0, 0.05) is 30.0 Å². The van der Waals surface area contributed by atoms with Gasteiger partial charge in [0.05, 0.1) is 17.5 Å². The fourth-order valence-electron chi connectivity index (χ4n) is 3.31. The molecule has 3 rings (SSSR count). The lowest BCUT2D eigenvalue weighted by Gasteiger charge is -2.24. The van der Waals surface area contributed by atoms with E-state index >= 15 is 0 Å². The molecule has 0 spiro atoms. The van der Waals surface area contributed by atoms with Gasteiger partial charge in [0.15, 0.2) is 0 Å². The molecule has 2 heterocycles. The van der Waals surface area contributed by atoms with Crippen LogP contribution < -0.4 is 5.32 Å². The van der Waals surface area contributed by atoms with Crippen molar-refractivity contribution in [2.24, 2.45) is 7.05 Å². The highest BCUT2D eigenvalue weighted by atomic mass is 35.5. The van der Waals surface area contributed by atoms with Gasteiger partial charge in [-0.05, 0) is 43.7 Å². The first-order chi connectivity index (χ1) is 12.0. The number of halogens is 1. The summed E-state index contributed by atoms with van der Waals surface area (Å²) in [4.78, 5) is 25.1. The third-order valence-corrected chi connectivity index (χ3v) is 4.70. The van der Waals surface area contributed by atoms with Crippen molar-refractivity contribution in [2.45, 2.75) is 18.9 Å². The van der Waals surface area contributed by atoms with Gasteiger partial charge in [-0.25, -0.2) is 0 Å². The van der Waals surface area contributed by atoms with Crippen molar-refractivity contribution in [3.8, 4) is 0 Å². The number of carbonyl (C=O) groups excluding carboxylic acids is 1. The Kier molecular flexibility index (Phi) is 5.06. The lowest BCUT2D eigenvalue weighted by molar-refractivity contribution is -0.383. The molecule has 8 heteroatoms. The number of rotatable bonds is 5. The molecule has 1 aromatic heterocycles. The summed E-state index contributed by atoms with van der Waals surface area (Å²) in [5.41, 5.74) is 1.12. The minimum Gasteiger partial charge on any atom is -0.353 e. The number of aromatic nitrogens is 1. The van der Waals surface area contributed by atoms with Crippen LogP contribution >= 0.6 is 11.6 Å². The van der Waals surface area contributed by atoms with Crippen LogP contribution in [0.3, 0.4) is 0 Å². The van der Waals surface area contributed by atoms with Crippen LogP contribution in [-0.2, 0) is 11.8 Å². The fraction of sp³-hybridized carbons (Fsp3) is 0.353. The average molecular weight is 363 g/mol. The van der Waals surface area contributed by atoms with Gasteiger partial charge in [-0.2, -0.15) is 0 Å². The Labute approximate surface area is 150 Å². The lowest BCUT2D eigenvalue weighted by Crippen LogP contribution is -2.33. The second-order valence-corrected chi connectivity index (χ2v) is 6.58. The summed E-state index contributed by atoms with van der Waals surface area (Å²) >= 11 is 5.90. The zero-order valence-electron chi connectivity index (χ0n) is 13.8. The number of amides is 1. The molecule has 0 unspecified atom stereocenters. The van der Waals surface area contributed by atoms with E-state index in [9.17, 15) is 14.9 Å². The van der Waals surface area contributed by atoms with E-state index < -0.39 is 4.92 Å². The number of hydrogen-bond acceptors (Lipinski definition) is 4. The SMILES string of the molecule is Cn1cccc1[C@@H]1CCCN1CC(=O)Nc1cc(Cl)ccc1[N+](=O)[O-]. The number of nitrogens with zero attached hydrogens (tertiary/aromatic N) is 3. The van der Waals surface area contributed by atoms with E-state index in [1.807, 2.05) is 19.3 Å². The molecule has 7 nitrogen and oxygen atoms in total. The maximum absolute atomic E-state index is 12.4. The molecule has 1 N–H and O–H groups in total. The molecule has 1 aliphatic rings. The molecule has 1 atom stereocenters. The Morgan fingerprint density at radius 1 is 1.44 bits per heavy atom. The van der Waals surface area contributed by atoms with Crippen LogP contribution in [0.25, 0.3) is 0 Å². The van der Waals surface area contributed by atoms with Crippen molar-refractivity contribution in [1.82, 2.24) is 9.47 Å². The highest BCUT2D eigenvalue weighted by Gasteiger charge is 2.29. The molecule has 0 saturated carbocycles. The molecule has 2 aromatic rings. The zero-order valence-corrected chi connectivity index (χ0v) is 14.6. The third-order valence-electron chi connectivity index (χ3n) is 4.47. The first-order valence-corrected chi connectivity index (χ1v) is 8.42. The van der Waals surface area contributed by atoms with E-state index in [0.717, 1.165) is 19.4 Å². The number of nitro groups is 1. The van der Waals surface area contributed by atoms with E-state index in [1.165, 1.54) is 23.9 Å². The van der Waals surface area contributed by atoms with Gasteiger partial charge in [-0.3, -0.25) is 19.8 Å². The number of hydrogen-bond donors (Lipinski definition) is 1. The Morgan fingerprint density at radius 3 is 2.92 bits per heavy atom. The number of nitro benzene ring substituents is 1. The standard InChI is InChI=1S/C17H19ClN4O3/c1-20-8-2-4-15(20)16-5-3-9-21(16)11-17(23)19-13-10-12(18)6-7-14(13)22(24)25/h2,4,6-8,10,16H,3,5,9,11H2,1H3,(H,19,23)/t16-/m0/s1. The van der Waals surface area contributed by atoms with Gasteiger partial charge < -0.3 is 9.88 Å². The predicted molar refractivity (Wildman–Crippen MR) is 95.7 cm³/mol. The molecular formula is C17H19ClN4O3. The van der Waals surface area contributed by atoms with Gasteiger partial charge in [0.2, 0.25) is 5.91 Å². The molecule has 1 aliphatic heterocycles. The van der Waals surface area contributed by atoms with E-state index in [1.54, 1.807) is 0 Å². The van der Waals surface area contributed by atoms with Crippen molar-refractivity contribution in [2.75, 3.05) is 18.4 Å². The number of carbonyl (C=O) groups is 1. The molecular weight excluding hydrogens is 344 g/mol. The highest BCUT2D eigenvalue weighted by Crippen LogP contribution is 2.32. The highest BCUT2D eigenvalue weighted by molar-refractivity contribution is 6.31. The summed E-state index contributed by atoms with van der Waals surface area (Å²) < 4.78 is 2.06. The minimum absolute atomic E-state index is 0.122. The smallest absolute Gasteiger partial charge is 0.292 e. The summed E-state index contributed by atoms with van der Waals surface area (Å²) in [6.45, 7) is 1.00. The number of likely N-dealkylation sites (tertiary alicyclic amines) is 1. The summed E-state index contributed by atoms with van der Waals surface area (Å²) in [5.74, 6) is -0.286. The second-order valence-electron chi connectivity index (χ2n) is 6.14. The first-order valence-electron chi connectivity index (χ1n) is 8.05.